The molecule has 1 saturated heterocycles. The van der Waals surface area contributed by atoms with Gasteiger partial charge in [-0.15, -0.1) is 0 Å². The Morgan fingerprint density at radius 3 is 2.68 bits per heavy atom. The Hall–Kier alpha value is -1.59. The molecule has 1 aromatic carbocycles. The topological polar surface area (TPSA) is 42.0 Å². The van der Waals surface area contributed by atoms with Crippen molar-refractivity contribution in [3.63, 3.8) is 0 Å². The fourth-order valence-corrected chi connectivity index (χ4v) is 2.73. The maximum Gasteiger partial charge on any atom is 0.253 e. The van der Waals surface area contributed by atoms with Gasteiger partial charge in [0.05, 0.1) is 19.4 Å². The van der Waals surface area contributed by atoms with Crippen LogP contribution >= 0.6 is 0 Å². The summed E-state index contributed by atoms with van der Waals surface area (Å²) in [7, 11) is 3.74. The third-order valence-electron chi connectivity index (χ3n) is 3.66. The maximum absolute atomic E-state index is 12.0. The first-order valence-corrected chi connectivity index (χ1v) is 6.45. The number of benzene rings is 1. The normalized spacial score (nSPS) is 19.7. The molecular weight excluding hydrogens is 244 g/mol. The molecule has 0 aromatic heterocycles. The lowest BCUT2D eigenvalue weighted by Gasteiger charge is -2.28. The Bertz CT molecular complexity index is 516. The SMILES string of the molecule is COc1cc2c(cc1N1CCOCC1=O)CN(C)C2. The van der Waals surface area contributed by atoms with Crippen molar-refractivity contribution in [1.82, 2.24) is 4.90 Å². The van der Waals surface area contributed by atoms with E-state index in [2.05, 4.69) is 24.1 Å². The van der Waals surface area contributed by atoms with E-state index in [4.69, 9.17) is 9.47 Å². The number of amides is 1. The van der Waals surface area contributed by atoms with Crippen molar-refractivity contribution in [3.8, 4) is 5.75 Å². The van der Waals surface area contributed by atoms with Gasteiger partial charge in [-0.25, -0.2) is 0 Å². The molecule has 102 valence electrons. The molecule has 19 heavy (non-hydrogen) atoms. The first kappa shape index (κ1) is 12.4. The van der Waals surface area contributed by atoms with Crippen molar-refractivity contribution in [3.05, 3.63) is 23.3 Å². The van der Waals surface area contributed by atoms with E-state index in [1.54, 1.807) is 12.0 Å². The summed E-state index contributed by atoms with van der Waals surface area (Å²) in [6, 6.07) is 4.14. The van der Waals surface area contributed by atoms with E-state index in [0.29, 0.717) is 13.2 Å². The Labute approximate surface area is 112 Å². The van der Waals surface area contributed by atoms with Crippen LogP contribution in [0.1, 0.15) is 11.1 Å². The minimum Gasteiger partial charge on any atom is -0.495 e. The summed E-state index contributed by atoms with van der Waals surface area (Å²) in [6.07, 6.45) is 0. The Kier molecular flexibility index (Phi) is 3.16. The monoisotopic (exact) mass is 262 g/mol. The molecule has 0 radical (unpaired) electrons. The first-order valence-electron chi connectivity index (χ1n) is 6.45. The van der Waals surface area contributed by atoms with E-state index in [0.717, 1.165) is 24.5 Å². The van der Waals surface area contributed by atoms with Gasteiger partial charge in [-0.05, 0) is 30.3 Å². The fraction of sp³-hybridized carbons (Fsp3) is 0.500. The van der Waals surface area contributed by atoms with Crippen molar-refractivity contribution in [1.29, 1.82) is 0 Å². The van der Waals surface area contributed by atoms with Gasteiger partial charge in [-0.2, -0.15) is 0 Å². The third-order valence-corrected chi connectivity index (χ3v) is 3.66. The van der Waals surface area contributed by atoms with Crippen molar-refractivity contribution < 1.29 is 14.3 Å². The van der Waals surface area contributed by atoms with E-state index < -0.39 is 0 Å². The van der Waals surface area contributed by atoms with Crippen LogP contribution < -0.4 is 9.64 Å². The van der Waals surface area contributed by atoms with Gasteiger partial charge >= 0.3 is 0 Å². The summed E-state index contributed by atoms with van der Waals surface area (Å²) in [6.45, 7) is 3.17. The number of ether oxygens (including phenoxy) is 2. The number of fused-ring (bicyclic) bond motifs is 1. The van der Waals surface area contributed by atoms with Crippen LogP contribution in [0.15, 0.2) is 12.1 Å². The molecule has 0 aliphatic carbocycles. The molecule has 0 bridgehead atoms. The lowest BCUT2D eigenvalue weighted by Crippen LogP contribution is -2.41. The number of rotatable bonds is 2. The molecule has 0 unspecified atom stereocenters. The molecule has 3 rings (SSSR count). The molecule has 0 N–H and O–H groups in total. The highest BCUT2D eigenvalue weighted by Gasteiger charge is 2.26. The van der Waals surface area contributed by atoms with Crippen LogP contribution in [0.4, 0.5) is 5.69 Å². The van der Waals surface area contributed by atoms with Crippen LogP contribution in [-0.2, 0) is 22.6 Å². The number of carbonyl (C=O) groups is 1. The van der Waals surface area contributed by atoms with Crippen LogP contribution in [0, 0.1) is 0 Å². The fourth-order valence-electron chi connectivity index (χ4n) is 2.73. The van der Waals surface area contributed by atoms with Gasteiger partial charge in [-0.1, -0.05) is 0 Å². The van der Waals surface area contributed by atoms with Gasteiger partial charge < -0.3 is 14.4 Å². The zero-order chi connectivity index (χ0) is 13.4. The van der Waals surface area contributed by atoms with E-state index in [1.807, 2.05) is 0 Å². The highest BCUT2D eigenvalue weighted by Crippen LogP contribution is 2.35. The van der Waals surface area contributed by atoms with Crippen molar-refractivity contribution in [2.24, 2.45) is 0 Å². The summed E-state index contributed by atoms with van der Waals surface area (Å²) in [5, 5.41) is 0. The molecule has 2 aliphatic rings. The number of anilines is 1. The van der Waals surface area contributed by atoms with Crippen LogP contribution in [0.2, 0.25) is 0 Å². The predicted molar refractivity (Wildman–Crippen MR) is 71.3 cm³/mol. The molecule has 5 heteroatoms. The summed E-state index contributed by atoms with van der Waals surface area (Å²) in [4.78, 5) is 16.0. The first-order chi connectivity index (χ1) is 9.19. The minimum atomic E-state index is -0.00384. The second-order valence-corrected chi connectivity index (χ2v) is 5.06. The standard InChI is InChI=1S/C14H18N2O3/c1-15-7-10-5-12(13(18-2)6-11(10)8-15)16-3-4-19-9-14(16)17/h5-6H,3-4,7-9H2,1-2H3. The Balaban J connectivity index is 2.00. The average molecular weight is 262 g/mol. The Morgan fingerprint density at radius 2 is 2.00 bits per heavy atom. The summed E-state index contributed by atoms with van der Waals surface area (Å²) >= 11 is 0. The zero-order valence-electron chi connectivity index (χ0n) is 11.3. The van der Waals surface area contributed by atoms with Crippen LogP contribution in [0.5, 0.6) is 5.75 Å². The minimum absolute atomic E-state index is 0.00384. The van der Waals surface area contributed by atoms with Crippen LogP contribution in [0.3, 0.4) is 0 Å². The molecule has 0 spiro atoms. The lowest BCUT2D eigenvalue weighted by atomic mass is 10.1. The maximum atomic E-state index is 12.0. The van der Waals surface area contributed by atoms with E-state index in [1.165, 1.54) is 11.1 Å². The number of morpholine rings is 1. The quantitative estimate of drug-likeness (QED) is 0.797. The number of hydrogen-bond donors (Lipinski definition) is 0. The summed E-state index contributed by atoms with van der Waals surface area (Å²) in [5.41, 5.74) is 3.42. The molecule has 2 aliphatic heterocycles. The van der Waals surface area contributed by atoms with E-state index in [-0.39, 0.29) is 12.5 Å². The number of nitrogens with zero attached hydrogens (tertiary/aromatic N) is 2. The molecule has 2 heterocycles. The molecular formula is C14H18N2O3. The lowest BCUT2D eigenvalue weighted by molar-refractivity contribution is -0.125. The number of hydrogen-bond acceptors (Lipinski definition) is 4. The molecule has 0 saturated carbocycles. The van der Waals surface area contributed by atoms with Crippen LogP contribution in [-0.4, -0.2) is 44.7 Å². The molecule has 1 fully saturated rings. The van der Waals surface area contributed by atoms with Gasteiger partial charge in [0.2, 0.25) is 0 Å². The van der Waals surface area contributed by atoms with Gasteiger partial charge in [0.15, 0.2) is 0 Å². The predicted octanol–water partition coefficient (Wildman–Crippen LogP) is 1.00. The zero-order valence-corrected chi connectivity index (χ0v) is 11.3. The van der Waals surface area contributed by atoms with E-state index in [9.17, 15) is 4.79 Å². The van der Waals surface area contributed by atoms with Gasteiger partial charge in [0.25, 0.3) is 5.91 Å². The van der Waals surface area contributed by atoms with Crippen molar-refractivity contribution in [2.45, 2.75) is 13.1 Å². The summed E-state index contributed by atoms with van der Waals surface area (Å²) < 4.78 is 10.6. The van der Waals surface area contributed by atoms with Gasteiger partial charge in [0, 0.05) is 19.6 Å². The average Bonchev–Trinajstić information content (AvgIpc) is 2.77. The molecule has 1 aromatic rings. The number of methoxy groups -OCH3 is 1. The van der Waals surface area contributed by atoms with Crippen molar-refractivity contribution >= 4 is 11.6 Å². The van der Waals surface area contributed by atoms with Crippen LogP contribution in [0.25, 0.3) is 0 Å². The van der Waals surface area contributed by atoms with Gasteiger partial charge in [0.1, 0.15) is 12.4 Å². The Morgan fingerprint density at radius 1 is 1.26 bits per heavy atom. The smallest absolute Gasteiger partial charge is 0.253 e. The summed E-state index contributed by atoms with van der Waals surface area (Å²) in [5.74, 6) is 0.764. The van der Waals surface area contributed by atoms with Crippen molar-refractivity contribution in [2.75, 3.05) is 38.8 Å². The number of carbonyl (C=O) groups excluding carboxylic acids is 1. The van der Waals surface area contributed by atoms with E-state index >= 15 is 0 Å². The highest BCUT2D eigenvalue weighted by atomic mass is 16.5. The second-order valence-electron chi connectivity index (χ2n) is 5.06. The molecule has 1 amide bonds. The highest BCUT2D eigenvalue weighted by molar-refractivity contribution is 5.96. The third kappa shape index (κ3) is 2.19. The second kappa shape index (κ2) is 4.83. The largest absolute Gasteiger partial charge is 0.495 e. The molecule has 5 nitrogen and oxygen atoms in total. The van der Waals surface area contributed by atoms with Gasteiger partial charge in [-0.3, -0.25) is 9.69 Å². The molecule has 0 atom stereocenters.